The van der Waals surface area contributed by atoms with Gasteiger partial charge in [-0.05, 0) is 49.3 Å². The third-order valence-corrected chi connectivity index (χ3v) is 4.87. The van der Waals surface area contributed by atoms with Crippen molar-refractivity contribution in [3.05, 3.63) is 34.9 Å². The molecule has 2 unspecified atom stereocenters. The highest BCUT2D eigenvalue weighted by Gasteiger charge is 2.33. The van der Waals surface area contributed by atoms with Crippen molar-refractivity contribution >= 4 is 11.6 Å². The van der Waals surface area contributed by atoms with E-state index in [-0.39, 0.29) is 6.10 Å². The molecule has 1 aromatic rings. The fourth-order valence-electron chi connectivity index (χ4n) is 3.40. The van der Waals surface area contributed by atoms with Crippen LogP contribution in [0.4, 0.5) is 0 Å². The molecule has 2 saturated carbocycles. The number of hydrogen-bond acceptors (Lipinski definition) is 2. The molecule has 0 spiro atoms. The lowest BCUT2D eigenvalue weighted by Gasteiger charge is -2.41. The molecule has 1 aromatic carbocycles. The van der Waals surface area contributed by atoms with Gasteiger partial charge in [0.1, 0.15) is 0 Å². The molecule has 0 amide bonds. The fourth-order valence-corrected chi connectivity index (χ4v) is 3.59. The number of aliphatic hydroxyl groups excluding tert-OH is 1. The molecule has 2 atom stereocenters. The minimum absolute atomic E-state index is 0.140. The van der Waals surface area contributed by atoms with Crippen molar-refractivity contribution in [2.75, 3.05) is 0 Å². The second-order valence-electron chi connectivity index (χ2n) is 6.05. The van der Waals surface area contributed by atoms with Crippen LogP contribution < -0.4 is 5.32 Å². The number of aliphatic hydroxyl groups is 1. The molecule has 0 aliphatic heterocycles. The molecule has 104 valence electrons. The van der Waals surface area contributed by atoms with Crippen molar-refractivity contribution in [2.24, 2.45) is 0 Å². The Bertz CT molecular complexity index is 431. The van der Waals surface area contributed by atoms with Crippen molar-refractivity contribution in [2.45, 2.75) is 62.6 Å². The van der Waals surface area contributed by atoms with Crippen molar-refractivity contribution in [3.63, 3.8) is 0 Å². The van der Waals surface area contributed by atoms with Crippen LogP contribution >= 0.6 is 11.6 Å². The number of benzene rings is 1. The molecule has 2 nitrogen and oxygen atoms in total. The Morgan fingerprint density at radius 1 is 1.16 bits per heavy atom. The molecule has 2 aliphatic rings. The largest absolute Gasteiger partial charge is 0.392 e. The third kappa shape index (κ3) is 3.13. The first-order valence-corrected chi connectivity index (χ1v) is 7.80. The van der Waals surface area contributed by atoms with E-state index < -0.39 is 0 Å². The van der Waals surface area contributed by atoms with Crippen LogP contribution in [0.3, 0.4) is 0 Å². The van der Waals surface area contributed by atoms with Gasteiger partial charge in [-0.15, -0.1) is 0 Å². The van der Waals surface area contributed by atoms with Crippen LogP contribution in [0.2, 0.25) is 5.02 Å². The maximum absolute atomic E-state index is 9.98. The Balaban J connectivity index is 1.50. The minimum atomic E-state index is -0.140. The first kappa shape index (κ1) is 13.4. The number of rotatable bonds is 3. The summed E-state index contributed by atoms with van der Waals surface area (Å²) in [7, 11) is 0. The van der Waals surface area contributed by atoms with Crippen LogP contribution in [0, 0.1) is 0 Å². The lowest BCUT2D eigenvalue weighted by molar-refractivity contribution is 0.0751. The molecule has 0 radical (unpaired) electrons. The van der Waals surface area contributed by atoms with E-state index in [1.54, 1.807) is 0 Å². The van der Waals surface area contributed by atoms with Crippen LogP contribution in [0.15, 0.2) is 24.3 Å². The lowest BCUT2D eigenvalue weighted by atomic mass is 9.75. The van der Waals surface area contributed by atoms with E-state index >= 15 is 0 Å². The summed E-state index contributed by atoms with van der Waals surface area (Å²) in [6.07, 6.45) is 6.71. The van der Waals surface area contributed by atoms with E-state index in [2.05, 4.69) is 17.4 Å². The van der Waals surface area contributed by atoms with Gasteiger partial charge in [0.15, 0.2) is 0 Å². The molecule has 0 heterocycles. The van der Waals surface area contributed by atoms with Crippen LogP contribution in [-0.4, -0.2) is 23.3 Å². The van der Waals surface area contributed by atoms with Crippen LogP contribution in [0.25, 0.3) is 0 Å². The summed E-state index contributed by atoms with van der Waals surface area (Å²) >= 11 is 6.03. The normalized spacial score (nSPS) is 34.8. The zero-order valence-corrected chi connectivity index (χ0v) is 11.9. The molecule has 0 saturated heterocycles. The SMILES string of the molecule is OC1CCCCC1NC1CC(c2cccc(Cl)c2)C1. The topological polar surface area (TPSA) is 32.3 Å². The van der Waals surface area contributed by atoms with Crippen LogP contribution in [0.5, 0.6) is 0 Å². The van der Waals surface area contributed by atoms with Gasteiger partial charge in [0, 0.05) is 17.1 Å². The van der Waals surface area contributed by atoms with E-state index in [9.17, 15) is 5.11 Å². The first-order valence-electron chi connectivity index (χ1n) is 7.42. The van der Waals surface area contributed by atoms with Gasteiger partial charge in [-0.2, -0.15) is 0 Å². The standard InChI is InChI=1S/C16H22ClNO/c17-13-5-3-4-11(8-13)12-9-14(10-12)18-15-6-1-2-7-16(15)19/h3-5,8,12,14-16,18-19H,1-2,6-7,9-10H2. The highest BCUT2D eigenvalue weighted by Crippen LogP contribution is 2.38. The molecule has 3 heteroatoms. The summed E-state index contributed by atoms with van der Waals surface area (Å²) in [4.78, 5) is 0. The summed E-state index contributed by atoms with van der Waals surface area (Å²) in [6.45, 7) is 0. The Labute approximate surface area is 120 Å². The molecule has 2 fully saturated rings. The first-order chi connectivity index (χ1) is 9.22. The van der Waals surface area contributed by atoms with Gasteiger partial charge in [-0.25, -0.2) is 0 Å². The molecule has 3 rings (SSSR count). The monoisotopic (exact) mass is 279 g/mol. The van der Waals surface area contributed by atoms with Gasteiger partial charge in [0.25, 0.3) is 0 Å². The minimum Gasteiger partial charge on any atom is -0.392 e. The number of hydrogen-bond donors (Lipinski definition) is 2. The van der Waals surface area contributed by atoms with Gasteiger partial charge in [0.2, 0.25) is 0 Å². The Morgan fingerprint density at radius 3 is 2.68 bits per heavy atom. The summed E-state index contributed by atoms with van der Waals surface area (Å²) in [5, 5.41) is 14.4. The van der Waals surface area contributed by atoms with E-state index in [4.69, 9.17) is 11.6 Å². The predicted octanol–water partition coefficient (Wildman–Crippen LogP) is 3.48. The molecule has 19 heavy (non-hydrogen) atoms. The lowest BCUT2D eigenvalue weighted by Crippen LogP contribution is -2.51. The summed E-state index contributed by atoms with van der Waals surface area (Å²) in [5.41, 5.74) is 1.36. The third-order valence-electron chi connectivity index (χ3n) is 4.64. The molecule has 2 aliphatic carbocycles. The van der Waals surface area contributed by atoms with Gasteiger partial charge in [0.05, 0.1) is 6.10 Å². The Hall–Kier alpha value is -0.570. The van der Waals surface area contributed by atoms with E-state index in [1.807, 2.05) is 12.1 Å². The number of halogens is 1. The summed E-state index contributed by atoms with van der Waals surface area (Å²) < 4.78 is 0. The van der Waals surface area contributed by atoms with E-state index in [1.165, 1.54) is 31.2 Å². The zero-order chi connectivity index (χ0) is 13.2. The predicted molar refractivity (Wildman–Crippen MR) is 78.6 cm³/mol. The van der Waals surface area contributed by atoms with E-state index in [0.29, 0.717) is 18.0 Å². The average Bonchev–Trinajstić information content (AvgIpc) is 2.35. The smallest absolute Gasteiger partial charge is 0.0693 e. The molecular weight excluding hydrogens is 258 g/mol. The quantitative estimate of drug-likeness (QED) is 0.888. The zero-order valence-electron chi connectivity index (χ0n) is 11.2. The van der Waals surface area contributed by atoms with Gasteiger partial charge in [-0.3, -0.25) is 0 Å². The second kappa shape index (κ2) is 5.82. The van der Waals surface area contributed by atoms with E-state index in [0.717, 1.165) is 17.9 Å². The maximum atomic E-state index is 9.98. The average molecular weight is 280 g/mol. The molecule has 0 aromatic heterocycles. The number of nitrogens with one attached hydrogen (secondary N) is 1. The Morgan fingerprint density at radius 2 is 1.95 bits per heavy atom. The second-order valence-corrected chi connectivity index (χ2v) is 6.48. The summed E-state index contributed by atoms with van der Waals surface area (Å²) in [5.74, 6) is 0.636. The van der Waals surface area contributed by atoms with Crippen molar-refractivity contribution in [3.8, 4) is 0 Å². The molecule has 0 bridgehead atoms. The van der Waals surface area contributed by atoms with Crippen molar-refractivity contribution in [1.29, 1.82) is 0 Å². The van der Waals surface area contributed by atoms with Gasteiger partial charge >= 0.3 is 0 Å². The van der Waals surface area contributed by atoms with Crippen LogP contribution in [0.1, 0.15) is 50.0 Å². The van der Waals surface area contributed by atoms with Crippen LogP contribution in [-0.2, 0) is 0 Å². The molecular formula is C16H22ClNO. The van der Waals surface area contributed by atoms with Crippen molar-refractivity contribution < 1.29 is 5.11 Å². The fraction of sp³-hybridized carbons (Fsp3) is 0.625. The Kier molecular flexibility index (Phi) is 4.11. The highest BCUT2D eigenvalue weighted by atomic mass is 35.5. The van der Waals surface area contributed by atoms with Gasteiger partial charge in [-0.1, -0.05) is 36.6 Å². The highest BCUT2D eigenvalue weighted by molar-refractivity contribution is 6.30. The maximum Gasteiger partial charge on any atom is 0.0693 e. The van der Waals surface area contributed by atoms with Crippen molar-refractivity contribution in [1.82, 2.24) is 5.32 Å². The van der Waals surface area contributed by atoms with Gasteiger partial charge < -0.3 is 10.4 Å². The summed E-state index contributed by atoms with van der Waals surface area (Å²) in [6, 6.07) is 9.10. The molecule has 2 N–H and O–H groups in total.